The standard InChI is InChI=1S/C15H11ClN2O3/c16-10-2-4-11(5-3-10)21-8-14-17-12-6-1-9(15(19)20)7-13(12)18-14/h1-7H,8H2,(H,17,18)(H,19,20). The van der Waals surface area contributed by atoms with Crippen LogP contribution in [0.4, 0.5) is 0 Å². The Kier molecular flexibility index (Phi) is 3.50. The quantitative estimate of drug-likeness (QED) is 0.773. The predicted octanol–water partition coefficient (Wildman–Crippen LogP) is 3.49. The lowest BCUT2D eigenvalue weighted by Gasteiger charge is -2.03. The Morgan fingerprint density at radius 2 is 2.00 bits per heavy atom. The second kappa shape index (κ2) is 5.46. The van der Waals surface area contributed by atoms with Gasteiger partial charge in [-0.1, -0.05) is 11.6 Å². The van der Waals surface area contributed by atoms with Crippen LogP contribution in [-0.2, 0) is 6.61 Å². The van der Waals surface area contributed by atoms with Crippen molar-refractivity contribution >= 4 is 28.6 Å². The van der Waals surface area contributed by atoms with E-state index in [1.54, 1.807) is 36.4 Å². The van der Waals surface area contributed by atoms with Gasteiger partial charge in [0.2, 0.25) is 0 Å². The Hall–Kier alpha value is -2.53. The maximum Gasteiger partial charge on any atom is 0.335 e. The molecule has 21 heavy (non-hydrogen) atoms. The molecule has 0 bridgehead atoms. The average molecular weight is 303 g/mol. The number of carboxylic acids is 1. The smallest absolute Gasteiger partial charge is 0.335 e. The molecule has 3 aromatic rings. The molecule has 0 radical (unpaired) electrons. The molecule has 2 N–H and O–H groups in total. The first-order valence-electron chi connectivity index (χ1n) is 6.22. The third-order valence-electron chi connectivity index (χ3n) is 2.97. The van der Waals surface area contributed by atoms with Crippen molar-refractivity contribution in [2.24, 2.45) is 0 Å². The van der Waals surface area contributed by atoms with E-state index >= 15 is 0 Å². The molecule has 0 aliphatic carbocycles. The fourth-order valence-corrected chi connectivity index (χ4v) is 2.07. The zero-order valence-corrected chi connectivity index (χ0v) is 11.6. The van der Waals surface area contributed by atoms with Gasteiger partial charge in [-0.3, -0.25) is 0 Å². The number of benzene rings is 2. The highest BCUT2D eigenvalue weighted by Crippen LogP contribution is 2.18. The van der Waals surface area contributed by atoms with Crippen molar-refractivity contribution in [2.45, 2.75) is 6.61 Å². The van der Waals surface area contributed by atoms with Gasteiger partial charge in [0.1, 0.15) is 18.2 Å². The van der Waals surface area contributed by atoms with E-state index in [1.807, 2.05) is 0 Å². The van der Waals surface area contributed by atoms with Gasteiger partial charge in [-0.25, -0.2) is 9.78 Å². The molecule has 3 rings (SSSR count). The number of hydrogen-bond acceptors (Lipinski definition) is 3. The lowest BCUT2D eigenvalue weighted by molar-refractivity contribution is 0.0697. The number of aromatic carboxylic acids is 1. The van der Waals surface area contributed by atoms with Gasteiger partial charge in [0.25, 0.3) is 0 Å². The molecule has 0 fully saturated rings. The van der Waals surface area contributed by atoms with Gasteiger partial charge in [0.05, 0.1) is 16.6 Å². The highest BCUT2D eigenvalue weighted by atomic mass is 35.5. The van der Waals surface area contributed by atoms with Gasteiger partial charge in [-0.15, -0.1) is 0 Å². The first-order chi connectivity index (χ1) is 10.1. The van der Waals surface area contributed by atoms with Crippen LogP contribution in [-0.4, -0.2) is 21.0 Å². The summed E-state index contributed by atoms with van der Waals surface area (Å²) in [4.78, 5) is 18.3. The molecule has 1 aromatic heterocycles. The van der Waals surface area contributed by atoms with Crippen molar-refractivity contribution in [3.63, 3.8) is 0 Å². The lowest BCUT2D eigenvalue weighted by atomic mass is 10.2. The molecule has 1 heterocycles. The number of fused-ring (bicyclic) bond motifs is 1. The van der Waals surface area contributed by atoms with Crippen LogP contribution in [0.25, 0.3) is 11.0 Å². The van der Waals surface area contributed by atoms with Crippen molar-refractivity contribution in [1.82, 2.24) is 9.97 Å². The van der Waals surface area contributed by atoms with E-state index in [1.165, 1.54) is 6.07 Å². The molecule has 0 aliphatic heterocycles. The van der Waals surface area contributed by atoms with Gasteiger partial charge in [0, 0.05) is 5.02 Å². The van der Waals surface area contributed by atoms with Crippen LogP contribution in [0, 0.1) is 0 Å². The molecule has 0 unspecified atom stereocenters. The second-order valence-corrected chi connectivity index (χ2v) is 4.90. The maximum absolute atomic E-state index is 10.9. The summed E-state index contributed by atoms with van der Waals surface area (Å²) in [7, 11) is 0. The van der Waals surface area contributed by atoms with Crippen LogP contribution < -0.4 is 4.74 Å². The van der Waals surface area contributed by atoms with E-state index in [-0.39, 0.29) is 12.2 Å². The van der Waals surface area contributed by atoms with Crippen LogP contribution in [0.2, 0.25) is 5.02 Å². The topological polar surface area (TPSA) is 75.2 Å². The number of rotatable bonds is 4. The van der Waals surface area contributed by atoms with Gasteiger partial charge in [0.15, 0.2) is 0 Å². The summed E-state index contributed by atoms with van der Waals surface area (Å²) < 4.78 is 5.59. The van der Waals surface area contributed by atoms with Crippen molar-refractivity contribution in [1.29, 1.82) is 0 Å². The van der Waals surface area contributed by atoms with Crippen LogP contribution in [0.3, 0.4) is 0 Å². The Morgan fingerprint density at radius 3 is 2.71 bits per heavy atom. The van der Waals surface area contributed by atoms with Gasteiger partial charge in [-0.2, -0.15) is 0 Å². The van der Waals surface area contributed by atoms with E-state index in [9.17, 15) is 4.79 Å². The van der Waals surface area contributed by atoms with Crippen LogP contribution in [0.15, 0.2) is 42.5 Å². The monoisotopic (exact) mass is 302 g/mol. The van der Waals surface area contributed by atoms with Gasteiger partial charge < -0.3 is 14.8 Å². The minimum absolute atomic E-state index is 0.219. The number of hydrogen-bond donors (Lipinski definition) is 2. The fourth-order valence-electron chi connectivity index (χ4n) is 1.95. The Balaban J connectivity index is 1.78. The van der Waals surface area contributed by atoms with E-state index in [4.69, 9.17) is 21.4 Å². The number of carbonyl (C=O) groups is 1. The Labute approximate surface area is 125 Å². The van der Waals surface area contributed by atoms with Gasteiger partial charge in [-0.05, 0) is 42.5 Å². The summed E-state index contributed by atoms with van der Waals surface area (Å²) in [6.07, 6.45) is 0. The summed E-state index contributed by atoms with van der Waals surface area (Å²) >= 11 is 5.80. The number of ether oxygens (including phenoxy) is 1. The number of H-pyrrole nitrogens is 1. The van der Waals surface area contributed by atoms with Crippen molar-refractivity contribution in [3.8, 4) is 5.75 Å². The van der Waals surface area contributed by atoms with Gasteiger partial charge >= 0.3 is 5.97 Å². The Morgan fingerprint density at radius 1 is 1.24 bits per heavy atom. The summed E-state index contributed by atoms with van der Waals surface area (Å²) in [5.74, 6) is 0.346. The fraction of sp³-hybridized carbons (Fsp3) is 0.0667. The molecule has 0 atom stereocenters. The number of carboxylic acid groups (broad SMARTS) is 1. The first-order valence-corrected chi connectivity index (χ1v) is 6.60. The minimum atomic E-state index is -0.967. The highest BCUT2D eigenvalue weighted by molar-refractivity contribution is 6.30. The maximum atomic E-state index is 10.9. The number of halogens is 1. The lowest BCUT2D eigenvalue weighted by Crippen LogP contribution is -1.97. The highest BCUT2D eigenvalue weighted by Gasteiger charge is 2.08. The largest absolute Gasteiger partial charge is 0.486 e. The Bertz CT molecular complexity index is 796. The van der Waals surface area contributed by atoms with Crippen molar-refractivity contribution in [3.05, 3.63) is 58.9 Å². The zero-order chi connectivity index (χ0) is 14.8. The number of imidazole rings is 1. The number of nitrogens with zero attached hydrogens (tertiary/aromatic N) is 1. The number of aromatic nitrogens is 2. The molecular weight excluding hydrogens is 292 g/mol. The number of aromatic amines is 1. The van der Waals surface area contributed by atoms with Crippen LogP contribution >= 0.6 is 11.6 Å². The number of nitrogens with one attached hydrogen (secondary N) is 1. The first kappa shape index (κ1) is 13.5. The van der Waals surface area contributed by atoms with E-state index in [2.05, 4.69) is 9.97 Å². The molecule has 0 saturated carbocycles. The molecule has 6 heteroatoms. The molecule has 0 aliphatic rings. The van der Waals surface area contributed by atoms with Crippen LogP contribution in [0.1, 0.15) is 16.2 Å². The normalized spacial score (nSPS) is 10.7. The van der Waals surface area contributed by atoms with E-state index in [0.717, 1.165) is 0 Å². The molecule has 0 amide bonds. The zero-order valence-electron chi connectivity index (χ0n) is 10.8. The summed E-state index contributed by atoms with van der Waals surface area (Å²) in [6, 6.07) is 11.8. The summed E-state index contributed by atoms with van der Waals surface area (Å²) in [5.41, 5.74) is 1.59. The molecule has 5 nitrogen and oxygen atoms in total. The molecular formula is C15H11ClN2O3. The summed E-state index contributed by atoms with van der Waals surface area (Å²) in [5, 5.41) is 9.60. The molecule has 106 valence electrons. The predicted molar refractivity (Wildman–Crippen MR) is 78.8 cm³/mol. The third-order valence-corrected chi connectivity index (χ3v) is 3.22. The summed E-state index contributed by atoms with van der Waals surface area (Å²) in [6.45, 7) is 0.263. The second-order valence-electron chi connectivity index (χ2n) is 4.46. The van der Waals surface area contributed by atoms with E-state index < -0.39 is 5.97 Å². The van der Waals surface area contributed by atoms with E-state index in [0.29, 0.717) is 27.6 Å². The third kappa shape index (κ3) is 2.98. The van der Waals surface area contributed by atoms with Crippen LogP contribution in [0.5, 0.6) is 5.75 Å². The average Bonchev–Trinajstić information content (AvgIpc) is 2.88. The molecule has 0 saturated heterocycles. The van der Waals surface area contributed by atoms with Crippen molar-refractivity contribution in [2.75, 3.05) is 0 Å². The van der Waals surface area contributed by atoms with Crippen molar-refractivity contribution < 1.29 is 14.6 Å². The minimum Gasteiger partial charge on any atom is -0.486 e. The SMILES string of the molecule is O=C(O)c1ccc2nc(COc3ccc(Cl)cc3)[nH]c2c1. The molecule has 2 aromatic carbocycles. The molecule has 0 spiro atoms.